The van der Waals surface area contributed by atoms with Crippen LogP contribution in [-0.4, -0.2) is 18.4 Å². The van der Waals surface area contributed by atoms with Gasteiger partial charge in [-0.05, 0) is 49.7 Å². The van der Waals surface area contributed by atoms with Crippen LogP contribution in [0.2, 0.25) is 0 Å². The molecule has 4 heteroatoms. The molecule has 0 atom stereocenters. The Morgan fingerprint density at radius 3 is 2.38 bits per heavy atom. The van der Waals surface area contributed by atoms with Crippen LogP contribution in [0.15, 0.2) is 46.9 Å². The maximum absolute atomic E-state index is 12.1. The van der Waals surface area contributed by atoms with E-state index in [1.807, 2.05) is 32.0 Å². The minimum Gasteiger partial charge on any atom is -0.454 e. The molecule has 3 nitrogen and oxygen atoms in total. The number of esters is 1. The molecule has 0 N–H and O–H groups in total. The summed E-state index contributed by atoms with van der Waals surface area (Å²) < 4.78 is 5.96. The lowest BCUT2D eigenvalue weighted by Gasteiger charge is -2.07. The molecule has 0 bridgehead atoms. The molecule has 2 aromatic rings. The second-order valence-electron chi connectivity index (χ2n) is 4.82. The van der Waals surface area contributed by atoms with Crippen molar-refractivity contribution in [1.82, 2.24) is 0 Å². The Labute approximate surface area is 132 Å². The Kier molecular flexibility index (Phi) is 4.91. The fourth-order valence-corrected chi connectivity index (χ4v) is 2.18. The SMILES string of the molecule is Cc1ccc(C)c(C(=O)COC(=O)c2ccc(Br)cc2)c1. The van der Waals surface area contributed by atoms with E-state index in [2.05, 4.69) is 15.9 Å². The molecule has 0 spiro atoms. The quantitative estimate of drug-likeness (QED) is 0.618. The first-order valence-electron chi connectivity index (χ1n) is 6.50. The average molecular weight is 347 g/mol. The molecule has 0 aliphatic heterocycles. The highest BCUT2D eigenvalue weighted by Crippen LogP contribution is 2.13. The third-order valence-corrected chi connectivity index (χ3v) is 3.64. The zero-order valence-electron chi connectivity index (χ0n) is 11.9. The van der Waals surface area contributed by atoms with Gasteiger partial charge in [0.15, 0.2) is 6.61 Å². The highest BCUT2D eigenvalue weighted by atomic mass is 79.9. The first kappa shape index (κ1) is 15.4. The van der Waals surface area contributed by atoms with Crippen molar-refractivity contribution in [3.8, 4) is 0 Å². The number of carbonyl (C=O) groups is 2. The standard InChI is InChI=1S/C17H15BrO3/c1-11-3-4-12(2)15(9-11)16(19)10-21-17(20)13-5-7-14(18)8-6-13/h3-9H,10H2,1-2H3. The van der Waals surface area contributed by atoms with Gasteiger partial charge in [0.05, 0.1) is 5.56 Å². The van der Waals surface area contributed by atoms with Crippen molar-refractivity contribution in [3.63, 3.8) is 0 Å². The number of halogens is 1. The van der Waals surface area contributed by atoms with Crippen LogP contribution in [0, 0.1) is 13.8 Å². The molecule has 2 rings (SSSR count). The molecular formula is C17H15BrO3. The number of rotatable bonds is 4. The Morgan fingerprint density at radius 1 is 1.05 bits per heavy atom. The molecule has 0 saturated carbocycles. The van der Waals surface area contributed by atoms with E-state index in [9.17, 15) is 9.59 Å². The smallest absolute Gasteiger partial charge is 0.338 e. The van der Waals surface area contributed by atoms with E-state index < -0.39 is 5.97 Å². The van der Waals surface area contributed by atoms with Crippen molar-refractivity contribution in [2.75, 3.05) is 6.61 Å². The van der Waals surface area contributed by atoms with Gasteiger partial charge in [-0.3, -0.25) is 4.79 Å². The molecule has 0 unspecified atom stereocenters. The lowest BCUT2D eigenvalue weighted by Crippen LogP contribution is -2.15. The summed E-state index contributed by atoms with van der Waals surface area (Å²) in [6.07, 6.45) is 0. The van der Waals surface area contributed by atoms with Gasteiger partial charge in [-0.25, -0.2) is 4.79 Å². The van der Waals surface area contributed by atoms with E-state index >= 15 is 0 Å². The number of hydrogen-bond acceptors (Lipinski definition) is 3. The van der Waals surface area contributed by atoms with Gasteiger partial charge in [-0.1, -0.05) is 33.6 Å². The van der Waals surface area contributed by atoms with Gasteiger partial charge in [0, 0.05) is 10.0 Å². The van der Waals surface area contributed by atoms with E-state index in [4.69, 9.17) is 4.74 Å². The summed E-state index contributed by atoms with van der Waals surface area (Å²) in [6.45, 7) is 3.53. The van der Waals surface area contributed by atoms with Crippen molar-refractivity contribution >= 4 is 27.7 Å². The van der Waals surface area contributed by atoms with Crippen LogP contribution in [0.5, 0.6) is 0 Å². The third kappa shape index (κ3) is 4.02. The Morgan fingerprint density at radius 2 is 1.71 bits per heavy atom. The fourth-order valence-electron chi connectivity index (χ4n) is 1.91. The number of benzene rings is 2. The van der Waals surface area contributed by atoms with Crippen LogP contribution >= 0.6 is 15.9 Å². The molecule has 108 valence electrons. The fraction of sp³-hybridized carbons (Fsp3) is 0.176. The molecule has 0 amide bonds. The molecule has 0 fully saturated rings. The molecular weight excluding hydrogens is 332 g/mol. The van der Waals surface area contributed by atoms with Gasteiger partial charge in [-0.2, -0.15) is 0 Å². The number of aryl methyl sites for hydroxylation is 2. The summed E-state index contributed by atoms with van der Waals surface area (Å²) in [6, 6.07) is 12.4. The van der Waals surface area contributed by atoms with Gasteiger partial charge in [0.25, 0.3) is 0 Å². The average Bonchev–Trinajstić information content (AvgIpc) is 2.47. The van der Waals surface area contributed by atoms with Crippen LogP contribution in [0.3, 0.4) is 0 Å². The zero-order chi connectivity index (χ0) is 15.4. The van der Waals surface area contributed by atoms with E-state index in [0.717, 1.165) is 15.6 Å². The van der Waals surface area contributed by atoms with Crippen LogP contribution in [0.4, 0.5) is 0 Å². The predicted molar refractivity (Wildman–Crippen MR) is 84.7 cm³/mol. The molecule has 0 radical (unpaired) electrons. The van der Waals surface area contributed by atoms with Gasteiger partial charge in [0.1, 0.15) is 0 Å². The lowest BCUT2D eigenvalue weighted by atomic mass is 10.0. The maximum Gasteiger partial charge on any atom is 0.338 e. The summed E-state index contributed by atoms with van der Waals surface area (Å²) in [5.41, 5.74) is 2.90. The number of ketones is 1. The summed E-state index contributed by atoms with van der Waals surface area (Å²) >= 11 is 3.30. The third-order valence-electron chi connectivity index (χ3n) is 3.11. The van der Waals surface area contributed by atoms with Gasteiger partial charge in [0.2, 0.25) is 5.78 Å². The summed E-state index contributed by atoms with van der Waals surface area (Å²) in [5, 5.41) is 0. The second-order valence-corrected chi connectivity index (χ2v) is 5.74. The van der Waals surface area contributed by atoms with Crippen molar-refractivity contribution < 1.29 is 14.3 Å². The largest absolute Gasteiger partial charge is 0.454 e. The summed E-state index contributed by atoms with van der Waals surface area (Å²) in [5.74, 6) is -0.692. The monoisotopic (exact) mass is 346 g/mol. The molecule has 0 saturated heterocycles. The number of Topliss-reactive ketones (excluding diaryl/α,β-unsaturated/α-hetero) is 1. The molecule has 2 aromatic carbocycles. The molecule has 0 aliphatic carbocycles. The van der Waals surface area contributed by atoms with Crippen molar-refractivity contribution in [2.24, 2.45) is 0 Å². The van der Waals surface area contributed by atoms with Crippen molar-refractivity contribution in [3.05, 3.63) is 69.2 Å². The summed E-state index contributed by atoms with van der Waals surface area (Å²) in [4.78, 5) is 24.0. The van der Waals surface area contributed by atoms with Gasteiger partial charge < -0.3 is 4.74 Å². The maximum atomic E-state index is 12.1. The van der Waals surface area contributed by atoms with E-state index in [-0.39, 0.29) is 12.4 Å². The van der Waals surface area contributed by atoms with E-state index in [0.29, 0.717) is 11.1 Å². The van der Waals surface area contributed by atoms with Gasteiger partial charge >= 0.3 is 5.97 Å². The normalized spacial score (nSPS) is 10.2. The highest BCUT2D eigenvalue weighted by molar-refractivity contribution is 9.10. The van der Waals surface area contributed by atoms with Crippen LogP contribution < -0.4 is 0 Å². The number of ether oxygens (including phenoxy) is 1. The topological polar surface area (TPSA) is 43.4 Å². The van der Waals surface area contributed by atoms with E-state index in [1.54, 1.807) is 24.3 Å². The summed E-state index contributed by atoms with van der Waals surface area (Å²) in [7, 11) is 0. The molecule has 0 aliphatic rings. The first-order chi connectivity index (χ1) is 9.97. The van der Waals surface area contributed by atoms with Crippen LogP contribution in [0.25, 0.3) is 0 Å². The molecule has 0 aromatic heterocycles. The molecule has 21 heavy (non-hydrogen) atoms. The zero-order valence-corrected chi connectivity index (χ0v) is 13.4. The predicted octanol–water partition coefficient (Wildman–Crippen LogP) is 4.11. The molecule has 0 heterocycles. The lowest BCUT2D eigenvalue weighted by molar-refractivity contribution is 0.0474. The Balaban J connectivity index is 2.02. The van der Waals surface area contributed by atoms with Crippen LogP contribution in [0.1, 0.15) is 31.8 Å². The number of hydrogen-bond donors (Lipinski definition) is 0. The second kappa shape index (κ2) is 6.68. The van der Waals surface area contributed by atoms with Crippen molar-refractivity contribution in [1.29, 1.82) is 0 Å². The first-order valence-corrected chi connectivity index (χ1v) is 7.30. The van der Waals surface area contributed by atoms with Gasteiger partial charge in [-0.15, -0.1) is 0 Å². The minimum atomic E-state index is -0.499. The van der Waals surface area contributed by atoms with E-state index in [1.165, 1.54) is 0 Å². The highest BCUT2D eigenvalue weighted by Gasteiger charge is 2.13. The Bertz CT molecular complexity index is 675. The van der Waals surface area contributed by atoms with Crippen molar-refractivity contribution in [2.45, 2.75) is 13.8 Å². The minimum absolute atomic E-state index is 0.193. The Hall–Kier alpha value is -1.94. The number of carbonyl (C=O) groups excluding carboxylic acids is 2. The van der Waals surface area contributed by atoms with Crippen LogP contribution in [-0.2, 0) is 4.74 Å².